The van der Waals surface area contributed by atoms with Gasteiger partial charge in [-0.25, -0.2) is 9.97 Å². The molecule has 0 amide bonds. The Hall–Kier alpha value is -5.48. The quantitative estimate of drug-likeness (QED) is 0.235. The summed E-state index contributed by atoms with van der Waals surface area (Å²) in [5, 5.41) is 2.34. The number of fused-ring (bicyclic) bond motifs is 4. The van der Waals surface area contributed by atoms with Gasteiger partial charge in [0.15, 0.2) is 5.58 Å². The van der Waals surface area contributed by atoms with Crippen molar-refractivity contribution in [2.75, 3.05) is 0 Å². The van der Waals surface area contributed by atoms with Crippen LogP contribution in [0.15, 0.2) is 144 Å². The van der Waals surface area contributed by atoms with Crippen LogP contribution in [-0.4, -0.2) is 14.5 Å². The lowest BCUT2D eigenvalue weighted by molar-refractivity contribution is 0.620. The van der Waals surface area contributed by atoms with Crippen molar-refractivity contribution >= 4 is 32.9 Å². The topological polar surface area (TPSA) is 43.9 Å². The summed E-state index contributed by atoms with van der Waals surface area (Å²) in [6.45, 7) is 0. The summed E-state index contributed by atoms with van der Waals surface area (Å²) >= 11 is 0. The van der Waals surface area contributed by atoms with Gasteiger partial charge in [-0.15, -0.1) is 0 Å². The molecule has 0 saturated carbocycles. The van der Waals surface area contributed by atoms with Crippen LogP contribution in [0.5, 0.6) is 0 Å². The molecule has 4 nitrogen and oxygen atoms in total. The van der Waals surface area contributed by atoms with Gasteiger partial charge in [-0.1, -0.05) is 97.1 Å². The van der Waals surface area contributed by atoms with Gasteiger partial charge in [0.25, 0.3) is 0 Å². The predicted molar refractivity (Wildman–Crippen MR) is 162 cm³/mol. The zero-order valence-corrected chi connectivity index (χ0v) is 21.5. The Kier molecular flexibility index (Phi) is 5.10. The maximum atomic E-state index is 6.48. The Morgan fingerprint density at radius 3 is 1.75 bits per heavy atom. The minimum atomic E-state index is 0.579. The number of hydrogen-bond donors (Lipinski definition) is 0. The van der Waals surface area contributed by atoms with Crippen molar-refractivity contribution in [3.63, 3.8) is 0 Å². The van der Waals surface area contributed by atoms with E-state index in [-0.39, 0.29) is 0 Å². The van der Waals surface area contributed by atoms with Crippen LogP contribution in [0.4, 0.5) is 0 Å². The molecule has 0 aliphatic carbocycles. The van der Waals surface area contributed by atoms with E-state index in [1.807, 2.05) is 42.5 Å². The average molecular weight is 514 g/mol. The molecule has 4 heteroatoms. The van der Waals surface area contributed by atoms with Crippen LogP contribution >= 0.6 is 0 Å². The molecule has 3 heterocycles. The fourth-order valence-electron chi connectivity index (χ4n) is 5.54. The molecule has 0 bridgehead atoms. The van der Waals surface area contributed by atoms with E-state index in [0.717, 1.165) is 61.3 Å². The second-order valence-corrected chi connectivity index (χ2v) is 9.90. The lowest BCUT2D eigenvalue weighted by Gasteiger charge is -2.08. The largest absolute Gasteiger partial charge is 0.436 e. The highest BCUT2D eigenvalue weighted by Gasteiger charge is 2.18. The molecule has 3 aromatic heterocycles. The van der Waals surface area contributed by atoms with Crippen LogP contribution in [0.25, 0.3) is 72.6 Å². The fourth-order valence-corrected chi connectivity index (χ4v) is 5.54. The number of aromatic nitrogens is 3. The Labute approximate surface area is 230 Å². The number of benzene rings is 5. The minimum absolute atomic E-state index is 0.579. The summed E-state index contributed by atoms with van der Waals surface area (Å²) < 4.78 is 8.77. The van der Waals surface area contributed by atoms with Gasteiger partial charge in [-0.05, 0) is 36.4 Å². The molecule has 0 radical (unpaired) electrons. The number of nitrogens with zero attached hydrogens (tertiary/aromatic N) is 3. The summed E-state index contributed by atoms with van der Waals surface area (Å²) in [4.78, 5) is 9.98. The molecule has 5 aromatic carbocycles. The summed E-state index contributed by atoms with van der Waals surface area (Å²) in [7, 11) is 0. The molecular weight excluding hydrogens is 490 g/mol. The van der Waals surface area contributed by atoms with Crippen molar-refractivity contribution in [2.24, 2.45) is 0 Å². The van der Waals surface area contributed by atoms with E-state index in [0.29, 0.717) is 5.89 Å². The molecule has 0 unspecified atom stereocenters. The lowest BCUT2D eigenvalue weighted by atomic mass is 10.0. The monoisotopic (exact) mass is 513 g/mol. The average Bonchev–Trinajstić information content (AvgIpc) is 3.59. The first-order valence-corrected chi connectivity index (χ1v) is 13.3. The number of pyridine rings is 1. The summed E-state index contributed by atoms with van der Waals surface area (Å²) in [5.74, 6) is 0.579. The Balaban J connectivity index is 1.35. The Bertz CT molecular complexity index is 2090. The zero-order valence-electron chi connectivity index (χ0n) is 21.5. The third kappa shape index (κ3) is 3.69. The Morgan fingerprint density at radius 1 is 0.475 bits per heavy atom. The van der Waals surface area contributed by atoms with Crippen molar-refractivity contribution in [3.05, 3.63) is 140 Å². The van der Waals surface area contributed by atoms with Crippen LogP contribution in [0, 0.1) is 0 Å². The third-order valence-corrected chi connectivity index (χ3v) is 7.41. The number of oxazole rings is 1. The molecule has 8 rings (SSSR count). The standard InChI is InChI=1S/C36H23N3O/c1-4-12-24(13-5-1)30-20-26(21-31(37-30)25-14-6-2-7-15-25)36-38-32-22-29-28-18-10-11-19-33(28)39(27-16-8-3-9-17-27)34(29)23-35(32)40-36/h1-23H. The molecule has 0 fully saturated rings. The molecule has 0 spiro atoms. The molecule has 8 aromatic rings. The van der Waals surface area contributed by atoms with Gasteiger partial charge in [0.05, 0.1) is 22.4 Å². The predicted octanol–water partition coefficient (Wildman–Crippen LogP) is 9.32. The summed E-state index contributed by atoms with van der Waals surface area (Å²) in [6.07, 6.45) is 0. The van der Waals surface area contributed by atoms with Gasteiger partial charge in [0.1, 0.15) is 5.52 Å². The van der Waals surface area contributed by atoms with Gasteiger partial charge in [-0.2, -0.15) is 0 Å². The highest BCUT2D eigenvalue weighted by molar-refractivity contribution is 6.12. The normalized spacial score (nSPS) is 11.5. The molecule has 0 saturated heterocycles. The highest BCUT2D eigenvalue weighted by atomic mass is 16.3. The maximum absolute atomic E-state index is 6.48. The van der Waals surface area contributed by atoms with E-state index < -0.39 is 0 Å². The number of hydrogen-bond acceptors (Lipinski definition) is 3. The van der Waals surface area contributed by atoms with Crippen molar-refractivity contribution < 1.29 is 4.42 Å². The molecular formula is C36H23N3O. The second-order valence-electron chi connectivity index (χ2n) is 9.90. The van der Waals surface area contributed by atoms with Gasteiger partial charge < -0.3 is 8.98 Å². The summed E-state index contributed by atoms with van der Waals surface area (Å²) in [6, 6.07) is 47.8. The first kappa shape index (κ1) is 22.5. The van der Waals surface area contributed by atoms with E-state index in [2.05, 4.69) is 102 Å². The van der Waals surface area contributed by atoms with E-state index in [1.165, 1.54) is 5.39 Å². The Morgan fingerprint density at radius 2 is 1.07 bits per heavy atom. The number of para-hydroxylation sites is 2. The van der Waals surface area contributed by atoms with Crippen LogP contribution in [0.2, 0.25) is 0 Å². The van der Waals surface area contributed by atoms with Gasteiger partial charge in [0, 0.05) is 39.2 Å². The second kappa shape index (κ2) is 9.07. The van der Waals surface area contributed by atoms with E-state index in [1.54, 1.807) is 0 Å². The maximum Gasteiger partial charge on any atom is 0.227 e. The van der Waals surface area contributed by atoms with Crippen molar-refractivity contribution in [1.82, 2.24) is 14.5 Å². The fraction of sp³-hybridized carbons (Fsp3) is 0. The van der Waals surface area contributed by atoms with Crippen molar-refractivity contribution in [1.29, 1.82) is 0 Å². The number of rotatable bonds is 4. The highest BCUT2D eigenvalue weighted by Crippen LogP contribution is 2.37. The van der Waals surface area contributed by atoms with Crippen LogP contribution in [-0.2, 0) is 0 Å². The van der Waals surface area contributed by atoms with Gasteiger partial charge in [-0.3, -0.25) is 0 Å². The minimum Gasteiger partial charge on any atom is -0.436 e. The van der Waals surface area contributed by atoms with Gasteiger partial charge >= 0.3 is 0 Å². The molecule has 0 N–H and O–H groups in total. The van der Waals surface area contributed by atoms with Crippen molar-refractivity contribution in [2.45, 2.75) is 0 Å². The van der Waals surface area contributed by atoms with Crippen LogP contribution in [0.1, 0.15) is 0 Å². The van der Waals surface area contributed by atoms with Crippen molar-refractivity contribution in [3.8, 4) is 39.7 Å². The van der Waals surface area contributed by atoms with Crippen LogP contribution in [0.3, 0.4) is 0 Å². The molecule has 188 valence electrons. The SMILES string of the molecule is c1ccc(-c2cc(-c3nc4cc5c6ccccc6n(-c6ccccc6)c5cc4o3)cc(-c3ccccc3)n2)cc1. The van der Waals surface area contributed by atoms with E-state index >= 15 is 0 Å². The smallest absolute Gasteiger partial charge is 0.227 e. The van der Waals surface area contributed by atoms with E-state index in [4.69, 9.17) is 14.4 Å². The molecule has 40 heavy (non-hydrogen) atoms. The molecule has 0 aliphatic rings. The van der Waals surface area contributed by atoms with Crippen LogP contribution < -0.4 is 0 Å². The zero-order chi connectivity index (χ0) is 26.5. The van der Waals surface area contributed by atoms with Gasteiger partial charge in [0.2, 0.25) is 5.89 Å². The molecule has 0 atom stereocenters. The lowest BCUT2D eigenvalue weighted by Crippen LogP contribution is -1.92. The third-order valence-electron chi connectivity index (χ3n) is 7.41. The first-order chi connectivity index (χ1) is 19.8. The molecule has 0 aliphatic heterocycles. The first-order valence-electron chi connectivity index (χ1n) is 13.3. The summed E-state index contributed by atoms with van der Waals surface area (Å²) in [5.41, 5.74) is 9.69. The van der Waals surface area contributed by atoms with E-state index in [9.17, 15) is 0 Å².